The summed E-state index contributed by atoms with van der Waals surface area (Å²) in [5.74, 6) is -0.978. The van der Waals surface area contributed by atoms with Crippen molar-refractivity contribution in [2.24, 2.45) is 0 Å². The van der Waals surface area contributed by atoms with Crippen LogP contribution < -0.4 is 21.7 Å². The van der Waals surface area contributed by atoms with E-state index in [1.807, 2.05) is 18.2 Å². The summed E-state index contributed by atoms with van der Waals surface area (Å²) in [7, 11) is 0. The first-order valence-electron chi connectivity index (χ1n) is 8.85. The molecule has 0 aliphatic heterocycles. The van der Waals surface area contributed by atoms with Crippen LogP contribution in [0.4, 0.5) is 5.13 Å². The molecule has 0 spiro atoms. The smallest absolute Gasteiger partial charge is 0.270 e. The molecule has 0 fully saturated rings. The largest absolute Gasteiger partial charge is 0.375 e. The molecular formula is C19H20N6O3S. The molecule has 3 aromatic rings. The summed E-state index contributed by atoms with van der Waals surface area (Å²) in [6.07, 6.45) is 0. The zero-order chi connectivity index (χ0) is 20.8. The van der Waals surface area contributed by atoms with Crippen molar-refractivity contribution in [3.63, 3.8) is 0 Å². The van der Waals surface area contributed by atoms with Crippen LogP contribution in [0.15, 0.2) is 36.4 Å². The van der Waals surface area contributed by atoms with Crippen molar-refractivity contribution >= 4 is 44.4 Å². The van der Waals surface area contributed by atoms with Crippen molar-refractivity contribution < 1.29 is 14.4 Å². The van der Waals surface area contributed by atoms with E-state index in [0.29, 0.717) is 18.2 Å². The Morgan fingerprint density at radius 3 is 2.38 bits per heavy atom. The average Bonchev–Trinajstić information content (AvgIpc) is 3.08. The second-order valence-corrected chi connectivity index (χ2v) is 7.25. The zero-order valence-corrected chi connectivity index (χ0v) is 16.5. The summed E-state index contributed by atoms with van der Waals surface area (Å²) in [5.41, 5.74) is 7.70. The SMILES string of the molecule is CC(=O)NCCNC(=O)c1cccc(C(=O)NCc2ccc3nc(N)sc3c2)n1. The Bertz CT molecular complexity index is 1070. The number of benzene rings is 1. The monoisotopic (exact) mass is 412 g/mol. The van der Waals surface area contributed by atoms with Crippen molar-refractivity contribution in [2.45, 2.75) is 13.5 Å². The molecule has 0 atom stereocenters. The van der Waals surface area contributed by atoms with E-state index in [0.717, 1.165) is 15.8 Å². The number of amides is 3. The van der Waals surface area contributed by atoms with Crippen LogP contribution in [0.1, 0.15) is 33.5 Å². The molecule has 5 N–H and O–H groups in total. The van der Waals surface area contributed by atoms with Gasteiger partial charge in [0, 0.05) is 26.6 Å². The van der Waals surface area contributed by atoms with Crippen LogP contribution in [-0.4, -0.2) is 40.8 Å². The molecule has 3 amide bonds. The fourth-order valence-corrected chi connectivity index (χ4v) is 3.36. The molecule has 150 valence electrons. The summed E-state index contributed by atoms with van der Waals surface area (Å²) in [5, 5.41) is 8.50. The van der Waals surface area contributed by atoms with Gasteiger partial charge in [-0.25, -0.2) is 9.97 Å². The number of nitrogens with one attached hydrogen (secondary N) is 3. The number of rotatable bonds is 7. The highest BCUT2D eigenvalue weighted by Crippen LogP contribution is 2.24. The standard InChI is InChI=1S/C19H20N6O3S/c1-11(26)21-7-8-22-17(27)14-3-2-4-15(24-14)18(28)23-10-12-5-6-13-16(9-12)29-19(20)25-13/h2-6,9H,7-8,10H2,1H3,(H2,20,25)(H,21,26)(H,22,27)(H,23,28). The van der Waals surface area contributed by atoms with Crippen molar-refractivity contribution in [3.05, 3.63) is 53.3 Å². The van der Waals surface area contributed by atoms with E-state index in [9.17, 15) is 14.4 Å². The third-order valence-electron chi connectivity index (χ3n) is 3.92. The molecule has 0 saturated carbocycles. The molecule has 1 aromatic carbocycles. The molecule has 9 nitrogen and oxygen atoms in total. The van der Waals surface area contributed by atoms with E-state index in [1.165, 1.54) is 30.4 Å². The van der Waals surface area contributed by atoms with Crippen LogP contribution >= 0.6 is 11.3 Å². The van der Waals surface area contributed by atoms with Gasteiger partial charge < -0.3 is 21.7 Å². The highest BCUT2D eigenvalue weighted by Gasteiger charge is 2.12. The van der Waals surface area contributed by atoms with Crippen LogP contribution in [0.25, 0.3) is 10.2 Å². The zero-order valence-electron chi connectivity index (χ0n) is 15.7. The minimum Gasteiger partial charge on any atom is -0.375 e. The number of nitrogens with two attached hydrogens (primary N) is 1. The van der Waals surface area contributed by atoms with Crippen LogP contribution in [0.3, 0.4) is 0 Å². The van der Waals surface area contributed by atoms with Crippen LogP contribution in [0.5, 0.6) is 0 Å². The Labute approximate surface area is 170 Å². The molecule has 10 heteroatoms. The first-order chi connectivity index (χ1) is 13.9. The number of hydrogen-bond acceptors (Lipinski definition) is 7. The molecule has 0 aliphatic rings. The van der Waals surface area contributed by atoms with Crippen molar-refractivity contribution in [2.75, 3.05) is 18.8 Å². The molecule has 0 radical (unpaired) electrons. The lowest BCUT2D eigenvalue weighted by Crippen LogP contribution is -2.34. The maximum atomic E-state index is 12.4. The van der Waals surface area contributed by atoms with E-state index in [2.05, 4.69) is 25.9 Å². The Morgan fingerprint density at radius 2 is 1.66 bits per heavy atom. The number of fused-ring (bicyclic) bond motifs is 1. The second-order valence-electron chi connectivity index (χ2n) is 6.18. The number of nitrogen functional groups attached to an aromatic ring is 1. The quantitative estimate of drug-likeness (QED) is 0.428. The van der Waals surface area contributed by atoms with Gasteiger partial charge in [0.2, 0.25) is 5.91 Å². The fourth-order valence-electron chi connectivity index (χ4n) is 2.56. The minimum atomic E-state index is -0.418. The molecule has 0 aliphatic carbocycles. The molecule has 3 rings (SSSR count). The predicted molar refractivity (Wildman–Crippen MR) is 110 cm³/mol. The predicted octanol–water partition coefficient (Wildman–Crippen LogP) is 1.07. The van der Waals surface area contributed by atoms with Gasteiger partial charge in [-0.3, -0.25) is 14.4 Å². The van der Waals surface area contributed by atoms with Crippen molar-refractivity contribution in [1.82, 2.24) is 25.9 Å². The van der Waals surface area contributed by atoms with E-state index in [1.54, 1.807) is 6.07 Å². The molecule has 2 aromatic heterocycles. The molecule has 0 bridgehead atoms. The Kier molecular flexibility index (Phi) is 6.35. The normalized spacial score (nSPS) is 10.5. The fraction of sp³-hybridized carbons (Fsp3) is 0.211. The van der Waals surface area contributed by atoms with E-state index in [4.69, 9.17) is 5.73 Å². The van der Waals surface area contributed by atoms with Crippen LogP contribution in [0, 0.1) is 0 Å². The van der Waals surface area contributed by atoms with Crippen molar-refractivity contribution in [1.29, 1.82) is 0 Å². The summed E-state index contributed by atoms with van der Waals surface area (Å²) in [6, 6.07) is 10.3. The van der Waals surface area contributed by atoms with Gasteiger partial charge in [0.05, 0.1) is 10.2 Å². The van der Waals surface area contributed by atoms with E-state index < -0.39 is 5.91 Å². The first kappa shape index (κ1) is 20.2. The number of thiazole rings is 1. The lowest BCUT2D eigenvalue weighted by molar-refractivity contribution is -0.118. The summed E-state index contributed by atoms with van der Waals surface area (Å²) in [6.45, 7) is 2.29. The second kappa shape index (κ2) is 9.11. The molecule has 0 saturated heterocycles. The van der Waals surface area contributed by atoms with E-state index in [-0.39, 0.29) is 29.7 Å². The number of carbonyl (C=O) groups is 3. The first-order valence-corrected chi connectivity index (χ1v) is 9.67. The number of aromatic nitrogens is 2. The molecule has 2 heterocycles. The van der Waals surface area contributed by atoms with E-state index >= 15 is 0 Å². The lowest BCUT2D eigenvalue weighted by Gasteiger charge is -2.08. The van der Waals surface area contributed by atoms with Gasteiger partial charge in [-0.2, -0.15) is 0 Å². The highest BCUT2D eigenvalue weighted by atomic mass is 32.1. The number of nitrogens with zero attached hydrogens (tertiary/aromatic N) is 2. The molecule has 0 unspecified atom stereocenters. The molecular weight excluding hydrogens is 392 g/mol. The minimum absolute atomic E-state index is 0.127. The van der Waals surface area contributed by atoms with Gasteiger partial charge in [0.1, 0.15) is 11.4 Å². The van der Waals surface area contributed by atoms with Crippen molar-refractivity contribution in [3.8, 4) is 0 Å². The van der Waals surface area contributed by atoms with Gasteiger partial charge in [-0.15, -0.1) is 0 Å². The third-order valence-corrected chi connectivity index (χ3v) is 4.77. The average molecular weight is 412 g/mol. The van der Waals surface area contributed by atoms with Crippen LogP contribution in [0.2, 0.25) is 0 Å². The lowest BCUT2D eigenvalue weighted by atomic mass is 10.2. The number of anilines is 1. The summed E-state index contributed by atoms with van der Waals surface area (Å²) in [4.78, 5) is 43.7. The van der Waals surface area contributed by atoms with Gasteiger partial charge in [0.25, 0.3) is 11.8 Å². The van der Waals surface area contributed by atoms with Gasteiger partial charge in [-0.05, 0) is 29.8 Å². The Morgan fingerprint density at radius 1 is 0.966 bits per heavy atom. The topological polar surface area (TPSA) is 139 Å². The maximum Gasteiger partial charge on any atom is 0.270 e. The number of carbonyl (C=O) groups excluding carboxylic acids is 3. The number of pyridine rings is 1. The van der Waals surface area contributed by atoms with Crippen LogP contribution in [-0.2, 0) is 11.3 Å². The summed E-state index contributed by atoms with van der Waals surface area (Å²) < 4.78 is 0.949. The van der Waals surface area contributed by atoms with Gasteiger partial charge in [-0.1, -0.05) is 23.5 Å². The highest BCUT2D eigenvalue weighted by molar-refractivity contribution is 7.22. The third kappa shape index (κ3) is 5.48. The summed E-state index contributed by atoms with van der Waals surface area (Å²) >= 11 is 1.39. The Hall–Kier alpha value is -3.53. The molecule has 29 heavy (non-hydrogen) atoms. The van der Waals surface area contributed by atoms with Gasteiger partial charge >= 0.3 is 0 Å². The van der Waals surface area contributed by atoms with Gasteiger partial charge in [0.15, 0.2) is 5.13 Å². The Balaban J connectivity index is 1.58. The number of hydrogen-bond donors (Lipinski definition) is 4. The maximum absolute atomic E-state index is 12.4.